The van der Waals surface area contributed by atoms with Crippen LogP contribution in [0.25, 0.3) is 21.5 Å². The molecule has 4 aromatic rings. The maximum Gasteiger partial charge on any atom is 0.0162 e. The van der Waals surface area contributed by atoms with Crippen LogP contribution < -0.4 is 9.80 Å². The summed E-state index contributed by atoms with van der Waals surface area (Å²) >= 11 is -0.826. The van der Waals surface area contributed by atoms with Crippen molar-refractivity contribution in [1.82, 2.24) is 0 Å². The molecule has 0 unspecified atom stereocenters. The van der Waals surface area contributed by atoms with Crippen LogP contribution in [0.15, 0.2) is 72.8 Å². The molecular weight excluding hydrogens is 555 g/mol. The summed E-state index contributed by atoms with van der Waals surface area (Å²) in [6.07, 6.45) is 5.39. The van der Waals surface area contributed by atoms with E-state index in [1.807, 2.05) is 0 Å². The molecule has 0 aliphatic carbocycles. The molecule has 0 bridgehead atoms. The normalized spacial score (nSPS) is 14.6. The fourth-order valence-electron chi connectivity index (χ4n) is 4.58. The quantitative estimate of drug-likeness (QED) is 0.171. The third-order valence-corrected chi connectivity index (χ3v) is 6.15. The zero-order valence-electron chi connectivity index (χ0n) is 20.2. The number of benzene rings is 2. The molecule has 178 valence electrons. The Hall–Kier alpha value is -1.06. The average Bonchev–Trinajstić information content (AvgIpc) is 3.65. The fraction of sp³-hybridized carbons (Fsp3) is 0.357. The van der Waals surface area contributed by atoms with E-state index in [1.165, 1.54) is 84.8 Å². The molecule has 2 saturated heterocycles. The van der Waals surface area contributed by atoms with E-state index in [-0.39, 0.29) is 0 Å². The van der Waals surface area contributed by atoms with Crippen LogP contribution in [-0.4, -0.2) is 35.7 Å². The maximum absolute atomic E-state index is 4.93. The van der Waals surface area contributed by atoms with Crippen LogP contribution in [0.1, 0.15) is 25.7 Å². The molecule has 2 fully saturated rings. The van der Waals surface area contributed by atoms with E-state index in [0.29, 0.717) is 0 Å². The van der Waals surface area contributed by atoms with Crippen molar-refractivity contribution in [2.24, 2.45) is 0 Å². The first-order valence-corrected chi connectivity index (χ1v) is 20.4. The van der Waals surface area contributed by atoms with Crippen molar-refractivity contribution in [3.8, 4) is 0 Å². The molecule has 2 nitrogen and oxygen atoms in total. The summed E-state index contributed by atoms with van der Waals surface area (Å²) in [6.45, 7) is 9.24. The van der Waals surface area contributed by atoms with Gasteiger partial charge in [-0.3, -0.25) is 0 Å². The van der Waals surface area contributed by atoms with Crippen LogP contribution in [0.2, 0.25) is 13.1 Å². The number of hydrogen-bond donors (Lipinski definition) is 0. The van der Waals surface area contributed by atoms with E-state index in [9.17, 15) is 0 Å². The Morgan fingerprint density at radius 1 is 0.676 bits per heavy atom. The molecule has 2 heterocycles. The number of nitrogens with zero attached hydrogens (tertiary/aromatic N) is 2. The molecule has 0 atom stereocenters. The SMILES string of the molecule is C[Si]C.[Cl][Zr+2][Cl].c1ccc2[cH-]c(N3CCCC3)cc2c1.c1ccc2[cH-]c(N3CCCC3)cc2c1. The van der Waals surface area contributed by atoms with E-state index in [0.717, 1.165) is 9.52 Å². The molecule has 6 rings (SSSR count). The van der Waals surface area contributed by atoms with Gasteiger partial charge < -0.3 is 9.80 Å². The third-order valence-electron chi connectivity index (χ3n) is 6.15. The van der Waals surface area contributed by atoms with E-state index in [1.54, 1.807) is 0 Å². The molecule has 2 radical (unpaired) electrons. The molecule has 4 aromatic carbocycles. The van der Waals surface area contributed by atoms with Gasteiger partial charge in [-0.25, -0.2) is 0 Å². The summed E-state index contributed by atoms with van der Waals surface area (Å²) in [7, 11) is 11.0. The second-order valence-electron chi connectivity index (χ2n) is 8.64. The van der Waals surface area contributed by atoms with Crippen LogP contribution in [0.3, 0.4) is 0 Å². The van der Waals surface area contributed by atoms with E-state index in [2.05, 4.69) is 95.7 Å². The van der Waals surface area contributed by atoms with Crippen molar-refractivity contribution >= 4 is 59.5 Å². The minimum Gasteiger partial charge on any atom is -0.388 e. The van der Waals surface area contributed by atoms with E-state index >= 15 is 0 Å². The van der Waals surface area contributed by atoms with Crippen LogP contribution in [0, 0.1) is 0 Å². The Kier molecular flexibility index (Phi) is 12.3. The Balaban J connectivity index is 0.000000156. The van der Waals surface area contributed by atoms with Gasteiger partial charge in [0.1, 0.15) is 0 Å². The Morgan fingerprint density at radius 2 is 1.00 bits per heavy atom. The number of anilines is 2. The van der Waals surface area contributed by atoms with Crippen molar-refractivity contribution < 1.29 is 20.8 Å². The number of rotatable bonds is 2. The van der Waals surface area contributed by atoms with Crippen LogP contribution in [0.5, 0.6) is 0 Å². The van der Waals surface area contributed by atoms with Gasteiger partial charge in [0.15, 0.2) is 0 Å². The van der Waals surface area contributed by atoms with Crippen molar-refractivity contribution in [2.75, 3.05) is 36.0 Å². The molecule has 6 heteroatoms. The summed E-state index contributed by atoms with van der Waals surface area (Å²) in [5.41, 5.74) is 2.81. The molecule has 0 amide bonds. The standard InChI is InChI=1S/2C13H14N.C2H6Si.2ClH.Zr/c2*1-2-6-12-10-13(9-11(12)5-1)14-7-3-4-8-14;1-3-2;;;/h2*1-2,5-6,9-10H,3-4,7-8H2;1-2H3;2*1H;/q2*-1;;;;+4/p-2. The second-order valence-corrected chi connectivity index (χ2v) is 13.4. The second kappa shape index (κ2) is 15.1. The average molecular weight is 589 g/mol. The summed E-state index contributed by atoms with van der Waals surface area (Å²) in [4.78, 5) is 4.97. The zero-order valence-corrected chi connectivity index (χ0v) is 25.2. The third kappa shape index (κ3) is 7.98. The van der Waals surface area contributed by atoms with Gasteiger partial charge in [-0.05, 0) is 25.7 Å². The van der Waals surface area contributed by atoms with Gasteiger partial charge in [0, 0.05) is 35.7 Å². The van der Waals surface area contributed by atoms with Gasteiger partial charge >= 0.3 is 37.9 Å². The fourth-order valence-corrected chi connectivity index (χ4v) is 4.58. The molecule has 2 aliphatic heterocycles. The molecule has 2 aliphatic rings. The van der Waals surface area contributed by atoms with Gasteiger partial charge in [0.25, 0.3) is 0 Å². The van der Waals surface area contributed by atoms with Crippen LogP contribution >= 0.6 is 17.0 Å². The topological polar surface area (TPSA) is 6.48 Å². The van der Waals surface area contributed by atoms with Gasteiger partial charge in [0.05, 0.1) is 0 Å². The number of halogens is 2. The number of fused-ring (bicyclic) bond motifs is 2. The largest absolute Gasteiger partial charge is 0.388 e. The first-order valence-electron chi connectivity index (χ1n) is 12.1. The molecular formula is C28H34Cl2N2SiZr. The Bertz CT molecular complexity index is 944. The first-order chi connectivity index (χ1) is 16.7. The van der Waals surface area contributed by atoms with Crippen LogP contribution in [0.4, 0.5) is 11.4 Å². The van der Waals surface area contributed by atoms with Gasteiger partial charge in [0.2, 0.25) is 0 Å². The Morgan fingerprint density at radius 3 is 1.32 bits per heavy atom. The van der Waals surface area contributed by atoms with E-state index < -0.39 is 20.8 Å². The van der Waals surface area contributed by atoms with Gasteiger partial charge in [-0.15, -0.1) is 82.2 Å². The van der Waals surface area contributed by atoms with Gasteiger partial charge in [-0.1, -0.05) is 36.6 Å². The van der Waals surface area contributed by atoms with Gasteiger partial charge in [-0.2, -0.15) is 0 Å². The molecule has 0 spiro atoms. The zero-order chi connectivity index (χ0) is 24.2. The molecule has 0 saturated carbocycles. The smallest absolute Gasteiger partial charge is 0.0162 e. The predicted octanol–water partition coefficient (Wildman–Crippen LogP) is 8.48. The minimum atomic E-state index is -0.826. The molecule has 0 aromatic heterocycles. The van der Waals surface area contributed by atoms with Crippen molar-refractivity contribution in [2.45, 2.75) is 38.8 Å². The molecule has 0 N–H and O–H groups in total. The summed E-state index contributed by atoms with van der Waals surface area (Å²) in [5, 5.41) is 5.48. The number of hydrogen-bond acceptors (Lipinski definition) is 2. The summed E-state index contributed by atoms with van der Waals surface area (Å²) < 4.78 is 0. The maximum atomic E-state index is 4.93. The monoisotopic (exact) mass is 586 g/mol. The molecule has 34 heavy (non-hydrogen) atoms. The Labute approximate surface area is 226 Å². The van der Waals surface area contributed by atoms with Crippen LogP contribution in [-0.2, 0) is 20.8 Å². The summed E-state index contributed by atoms with van der Waals surface area (Å²) in [5.74, 6) is 0. The van der Waals surface area contributed by atoms with Crippen molar-refractivity contribution in [3.63, 3.8) is 0 Å². The first kappa shape index (κ1) is 27.5. The minimum absolute atomic E-state index is 0.826. The van der Waals surface area contributed by atoms with Crippen molar-refractivity contribution in [1.29, 1.82) is 0 Å². The predicted molar refractivity (Wildman–Crippen MR) is 151 cm³/mol. The van der Waals surface area contributed by atoms with Crippen molar-refractivity contribution in [3.05, 3.63) is 72.8 Å². The van der Waals surface area contributed by atoms with E-state index in [4.69, 9.17) is 17.0 Å². The summed E-state index contributed by atoms with van der Waals surface area (Å²) in [6, 6.07) is 26.4.